The Morgan fingerprint density at radius 2 is 1.88 bits per heavy atom. The number of amides is 3. The predicted octanol–water partition coefficient (Wildman–Crippen LogP) is 1.24. The van der Waals surface area contributed by atoms with Crippen LogP contribution < -0.4 is 4.90 Å². The molecule has 0 radical (unpaired) electrons. The fraction of sp³-hybridized carbons (Fsp3) is 0.133. The summed E-state index contributed by atoms with van der Waals surface area (Å²) in [6, 6.07) is 6.61. The van der Waals surface area contributed by atoms with Crippen LogP contribution in [0.3, 0.4) is 0 Å². The Bertz CT molecular complexity index is 861. The minimum absolute atomic E-state index is 0.0439. The normalized spacial score (nSPS) is 20.0. The van der Waals surface area contributed by atoms with Crippen LogP contribution in [0.1, 0.15) is 12.5 Å². The third-order valence-electron chi connectivity index (χ3n) is 3.52. The number of hydrogen-bond donors (Lipinski definition) is 1. The number of thioether (sulfide) groups is 1. The first-order chi connectivity index (χ1) is 11.3. The molecule has 1 aromatic carbocycles. The Morgan fingerprint density at radius 1 is 1.21 bits per heavy atom. The quantitative estimate of drug-likeness (QED) is 0.625. The number of hydrogen-bond acceptors (Lipinski definition) is 6. The van der Waals surface area contributed by atoms with Gasteiger partial charge < -0.3 is 5.11 Å². The number of benzene rings is 1. The van der Waals surface area contributed by atoms with Crippen molar-refractivity contribution in [3.63, 3.8) is 0 Å². The zero-order chi connectivity index (χ0) is 17.6. The lowest BCUT2D eigenvalue weighted by atomic mass is 10.1. The summed E-state index contributed by atoms with van der Waals surface area (Å²) in [5.41, 5.74) is 0.924. The largest absolute Gasteiger partial charge is 0.480 e. The average Bonchev–Trinajstić information content (AvgIpc) is 2.94. The van der Waals surface area contributed by atoms with Gasteiger partial charge in [-0.2, -0.15) is 0 Å². The second-order valence-corrected chi connectivity index (χ2v) is 6.68. The number of fused-ring (bicyclic) bond motifs is 1. The average molecular weight is 362 g/mol. The van der Waals surface area contributed by atoms with Crippen LogP contribution in [0.2, 0.25) is 0 Å². The number of aliphatic carboxylic acids is 1. The summed E-state index contributed by atoms with van der Waals surface area (Å²) in [5.74, 6) is -2.93. The summed E-state index contributed by atoms with van der Waals surface area (Å²) < 4.78 is 0.0662. The maximum absolute atomic E-state index is 12.7. The van der Waals surface area contributed by atoms with E-state index in [1.54, 1.807) is 24.3 Å². The number of imide groups is 1. The van der Waals surface area contributed by atoms with E-state index < -0.39 is 30.2 Å². The molecule has 2 aliphatic heterocycles. The van der Waals surface area contributed by atoms with E-state index in [0.29, 0.717) is 11.3 Å². The van der Waals surface area contributed by atoms with Crippen molar-refractivity contribution in [1.82, 2.24) is 4.90 Å². The summed E-state index contributed by atoms with van der Waals surface area (Å²) >= 11 is 5.91. The highest BCUT2D eigenvalue weighted by atomic mass is 32.2. The highest BCUT2D eigenvalue weighted by Gasteiger charge is 2.43. The Labute approximate surface area is 145 Å². The lowest BCUT2D eigenvalue weighted by Crippen LogP contribution is -2.34. The topological polar surface area (TPSA) is 95.0 Å². The molecule has 1 aromatic rings. The molecular weight excluding hydrogens is 352 g/mol. The molecule has 0 aliphatic carbocycles. The van der Waals surface area contributed by atoms with Gasteiger partial charge in [-0.25, -0.2) is 4.90 Å². The first-order valence-corrected chi connectivity index (χ1v) is 7.99. The minimum atomic E-state index is -1.21. The molecule has 24 heavy (non-hydrogen) atoms. The third kappa shape index (κ3) is 2.42. The van der Waals surface area contributed by atoms with Crippen molar-refractivity contribution in [1.29, 1.82) is 0 Å². The van der Waals surface area contributed by atoms with Gasteiger partial charge in [0, 0.05) is 12.5 Å². The Balaban J connectivity index is 2.15. The highest BCUT2D eigenvalue weighted by molar-refractivity contribution is 8.26. The van der Waals surface area contributed by atoms with Gasteiger partial charge in [0.15, 0.2) is 0 Å². The van der Waals surface area contributed by atoms with Gasteiger partial charge in [-0.15, -0.1) is 0 Å². The number of carboxylic acids is 1. The summed E-state index contributed by atoms with van der Waals surface area (Å²) in [7, 11) is 0. The van der Waals surface area contributed by atoms with Gasteiger partial charge in [-0.05, 0) is 6.07 Å². The number of para-hydroxylation sites is 1. The number of carbonyl (C=O) groups is 4. The molecule has 7 nitrogen and oxygen atoms in total. The highest BCUT2D eigenvalue weighted by Crippen LogP contribution is 2.44. The van der Waals surface area contributed by atoms with Crippen LogP contribution in [0.15, 0.2) is 29.2 Å². The molecule has 9 heteroatoms. The Hall–Kier alpha value is -2.52. The van der Waals surface area contributed by atoms with Gasteiger partial charge >= 0.3 is 5.97 Å². The van der Waals surface area contributed by atoms with Crippen LogP contribution in [-0.2, 0) is 19.2 Å². The van der Waals surface area contributed by atoms with Gasteiger partial charge in [-0.3, -0.25) is 24.1 Å². The molecule has 3 rings (SSSR count). The summed E-state index contributed by atoms with van der Waals surface area (Å²) in [6.45, 7) is 0.682. The van der Waals surface area contributed by atoms with E-state index in [1.165, 1.54) is 6.92 Å². The number of carboxylic acid groups (broad SMARTS) is 1. The Kier molecular flexibility index (Phi) is 3.98. The van der Waals surface area contributed by atoms with Crippen LogP contribution in [0.5, 0.6) is 0 Å². The van der Waals surface area contributed by atoms with Crippen molar-refractivity contribution >= 4 is 63.3 Å². The zero-order valence-corrected chi connectivity index (χ0v) is 13.9. The Morgan fingerprint density at radius 3 is 2.50 bits per heavy atom. The molecule has 122 valence electrons. The van der Waals surface area contributed by atoms with Crippen molar-refractivity contribution in [2.75, 3.05) is 11.4 Å². The molecule has 3 amide bonds. The van der Waals surface area contributed by atoms with Gasteiger partial charge in [0.05, 0.1) is 16.2 Å². The van der Waals surface area contributed by atoms with Gasteiger partial charge in [0.25, 0.3) is 11.8 Å². The van der Waals surface area contributed by atoms with Crippen LogP contribution in [0.25, 0.3) is 5.57 Å². The van der Waals surface area contributed by atoms with Crippen molar-refractivity contribution < 1.29 is 24.3 Å². The van der Waals surface area contributed by atoms with Gasteiger partial charge in [0.2, 0.25) is 5.91 Å². The van der Waals surface area contributed by atoms with Crippen molar-refractivity contribution in [2.45, 2.75) is 6.92 Å². The molecule has 1 saturated heterocycles. The van der Waals surface area contributed by atoms with E-state index in [-0.39, 0.29) is 14.8 Å². The fourth-order valence-electron chi connectivity index (χ4n) is 2.57. The van der Waals surface area contributed by atoms with Crippen LogP contribution in [0.4, 0.5) is 5.69 Å². The van der Waals surface area contributed by atoms with E-state index in [0.717, 1.165) is 21.6 Å². The summed E-state index contributed by atoms with van der Waals surface area (Å²) in [4.78, 5) is 49.8. The number of carbonyl (C=O) groups excluding carboxylic acids is 3. The van der Waals surface area contributed by atoms with E-state index in [1.807, 2.05) is 0 Å². The first kappa shape index (κ1) is 16.3. The molecule has 0 bridgehead atoms. The summed E-state index contributed by atoms with van der Waals surface area (Å²) in [5, 5.41) is 8.89. The number of thiocarbonyl (C=S) groups is 1. The van der Waals surface area contributed by atoms with E-state index in [9.17, 15) is 19.2 Å². The monoisotopic (exact) mass is 362 g/mol. The van der Waals surface area contributed by atoms with E-state index in [4.69, 9.17) is 17.3 Å². The van der Waals surface area contributed by atoms with Gasteiger partial charge in [0.1, 0.15) is 10.9 Å². The first-order valence-electron chi connectivity index (χ1n) is 6.77. The molecule has 1 fully saturated rings. The maximum atomic E-state index is 12.7. The number of nitrogens with zero attached hydrogens (tertiary/aromatic N) is 2. The van der Waals surface area contributed by atoms with Crippen molar-refractivity contribution in [3.8, 4) is 0 Å². The third-order valence-corrected chi connectivity index (χ3v) is 4.96. The predicted molar refractivity (Wildman–Crippen MR) is 91.1 cm³/mol. The minimum Gasteiger partial charge on any atom is -0.480 e. The lowest BCUT2D eigenvalue weighted by molar-refractivity contribution is -0.140. The van der Waals surface area contributed by atoms with Crippen molar-refractivity contribution in [3.05, 3.63) is 34.7 Å². The number of rotatable bonds is 2. The number of anilines is 1. The molecule has 0 saturated carbocycles. The van der Waals surface area contributed by atoms with Crippen molar-refractivity contribution in [2.24, 2.45) is 0 Å². The SMILES string of the molecule is CC(=O)N1C(=O)/C(=C2/SC(=S)N(CC(=O)O)C2=O)c2ccccc21. The molecule has 1 N–H and O–H groups in total. The second-order valence-electron chi connectivity index (χ2n) is 5.03. The lowest BCUT2D eigenvalue weighted by Gasteiger charge is -2.11. The molecule has 2 aliphatic rings. The van der Waals surface area contributed by atoms with Crippen LogP contribution >= 0.6 is 24.0 Å². The van der Waals surface area contributed by atoms with E-state index >= 15 is 0 Å². The van der Waals surface area contributed by atoms with Crippen LogP contribution in [0, 0.1) is 0 Å². The molecule has 2 heterocycles. The fourth-order valence-corrected chi connectivity index (χ4v) is 3.90. The van der Waals surface area contributed by atoms with Crippen LogP contribution in [-0.4, -0.2) is 44.6 Å². The second kappa shape index (κ2) is 5.84. The zero-order valence-electron chi connectivity index (χ0n) is 12.3. The molecule has 0 spiro atoms. The maximum Gasteiger partial charge on any atom is 0.323 e. The summed E-state index contributed by atoms with van der Waals surface area (Å²) in [6.07, 6.45) is 0. The molecular formula is C15H10N2O5S2. The van der Waals surface area contributed by atoms with Gasteiger partial charge in [-0.1, -0.05) is 42.2 Å². The molecule has 0 unspecified atom stereocenters. The smallest absolute Gasteiger partial charge is 0.323 e. The standard InChI is InChI=1S/C15H10N2O5S2/c1-7(18)17-9-5-3-2-4-8(9)11(13(17)21)12-14(22)16(6-10(19)20)15(23)24-12/h2-5H,6H2,1H3,(H,19,20)/b12-11+. The van der Waals surface area contributed by atoms with E-state index in [2.05, 4.69) is 0 Å². The molecule has 0 atom stereocenters. The molecule has 0 aromatic heterocycles.